The van der Waals surface area contributed by atoms with Gasteiger partial charge in [-0.2, -0.15) is 0 Å². The van der Waals surface area contributed by atoms with Crippen LogP contribution < -0.4 is 5.32 Å². The molecule has 0 saturated heterocycles. The largest absolute Gasteiger partial charge is 0.325 e. The normalized spacial score (nSPS) is 11.5. The Morgan fingerprint density at radius 3 is 1.86 bits per heavy atom. The van der Waals surface area contributed by atoms with Crippen molar-refractivity contribution < 1.29 is 14.4 Å². The summed E-state index contributed by atoms with van der Waals surface area (Å²) in [5, 5.41) is 3.31. The molecule has 0 aliphatic carbocycles. The second-order valence-corrected chi connectivity index (χ2v) is 11.0. The molecule has 0 radical (unpaired) electrons. The SMILES string of the molecule is O=P(O)(O)CCCNCc1ccc(-c2ccc(CCCc3ccccc3)cc2)c(-c2ccccc2)c1. The van der Waals surface area contributed by atoms with Gasteiger partial charge in [0.1, 0.15) is 0 Å². The quantitative estimate of drug-likeness (QED) is 0.147. The lowest BCUT2D eigenvalue weighted by Gasteiger charge is -2.14. The van der Waals surface area contributed by atoms with E-state index in [0.29, 0.717) is 19.5 Å². The average molecular weight is 500 g/mol. The van der Waals surface area contributed by atoms with Crippen molar-refractivity contribution in [3.8, 4) is 22.3 Å². The molecular formula is C31H34NO3P. The van der Waals surface area contributed by atoms with Gasteiger partial charge in [0.2, 0.25) is 0 Å². The van der Waals surface area contributed by atoms with Gasteiger partial charge in [-0.05, 0) is 77.2 Å². The molecule has 0 aromatic heterocycles. The summed E-state index contributed by atoms with van der Waals surface area (Å²) in [6.07, 6.45) is 3.65. The number of aryl methyl sites for hydroxylation is 2. The lowest BCUT2D eigenvalue weighted by atomic mass is 9.92. The molecular weight excluding hydrogens is 465 g/mol. The van der Waals surface area contributed by atoms with Crippen molar-refractivity contribution in [2.45, 2.75) is 32.2 Å². The molecule has 36 heavy (non-hydrogen) atoms. The minimum Gasteiger partial charge on any atom is -0.324 e. The topological polar surface area (TPSA) is 69.6 Å². The molecule has 4 nitrogen and oxygen atoms in total. The predicted octanol–water partition coefficient (Wildman–Crippen LogP) is 6.85. The third-order valence-corrected chi connectivity index (χ3v) is 7.24. The zero-order valence-corrected chi connectivity index (χ0v) is 21.4. The molecule has 0 fully saturated rings. The van der Waals surface area contributed by atoms with Gasteiger partial charge in [0, 0.05) is 6.54 Å². The van der Waals surface area contributed by atoms with E-state index in [2.05, 4.69) is 102 Å². The van der Waals surface area contributed by atoms with Crippen LogP contribution in [0.3, 0.4) is 0 Å². The highest BCUT2D eigenvalue weighted by atomic mass is 31.2. The highest BCUT2D eigenvalue weighted by molar-refractivity contribution is 7.51. The second kappa shape index (κ2) is 12.8. The molecule has 186 valence electrons. The van der Waals surface area contributed by atoms with Crippen LogP contribution in [0.4, 0.5) is 0 Å². The molecule has 5 heteroatoms. The van der Waals surface area contributed by atoms with E-state index in [4.69, 9.17) is 9.79 Å². The second-order valence-electron chi connectivity index (χ2n) is 9.20. The lowest BCUT2D eigenvalue weighted by molar-refractivity contribution is 0.371. The molecule has 0 heterocycles. The molecule has 0 atom stereocenters. The number of hydrogen-bond donors (Lipinski definition) is 3. The summed E-state index contributed by atoms with van der Waals surface area (Å²) in [5.74, 6) is 0. The Labute approximate surface area is 214 Å². The summed E-state index contributed by atoms with van der Waals surface area (Å²) in [6.45, 7) is 1.22. The third-order valence-electron chi connectivity index (χ3n) is 6.34. The van der Waals surface area contributed by atoms with Crippen LogP contribution in [0.5, 0.6) is 0 Å². The summed E-state index contributed by atoms with van der Waals surface area (Å²) < 4.78 is 11.0. The summed E-state index contributed by atoms with van der Waals surface area (Å²) in [4.78, 5) is 18.1. The molecule has 0 aliphatic rings. The summed E-state index contributed by atoms with van der Waals surface area (Å²) in [6, 6.07) is 36.5. The summed E-state index contributed by atoms with van der Waals surface area (Å²) in [7, 11) is -3.93. The van der Waals surface area contributed by atoms with Crippen LogP contribution in [0.15, 0.2) is 103 Å². The Morgan fingerprint density at radius 2 is 1.19 bits per heavy atom. The van der Waals surface area contributed by atoms with E-state index in [0.717, 1.165) is 24.8 Å². The summed E-state index contributed by atoms with van der Waals surface area (Å²) in [5.41, 5.74) is 8.63. The molecule has 4 rings (SSSR count). The molecule has 0 amide bonds. The van der Waals surface area contributed by atoms with Crippen molar-refractivity contribution in [2.24, 2.45) is 0 Å². The standard InChI is InChI=1S/C31H34NO3P/c33-36(34,35)22-8-21-32-24-27-17-20-30(31(23-27)28-13-5-2-6-14-28)29-18-15-26(16-19-29)12-7-11-25-9-3-1-4-10-25/h1-6,9-10,13-20,23,32H,7-8,11-12,21-22,24H2,(H2,33,34,35). The van der Waals surface area contributed by atoms with Crippen molar-refractivity contribution >= 4 is 7.60 Å². The maximum Gasteiger partial charge on any atom is 0.325 e. The van der Waals surface area contributed by atoms with Crippen molar-refractivity contribution in [2.75, 3.05) is 12.7 Å². The first-order valence-corrected chi connectivity index (χ1v) is 14.3. The van der Waals surface area contributed by atoms with E-state index >= 15 is 0 Å². The van der Waals surface area contributed by atoms with E-state index in [1.165, 1.54) is 33.4 Å². The van der Waals surface area contributed by atoms with Gasteiger partial charge in [0.15, 0.2) is 0 Å². The first-order chi connectivity index (χ1) is 17.5. The van der Waals surface area contributed by atoms with Crippen LogP contribution in [0.1, 0.15) is 29.5 Å². The first kappa shape index (κ1) is 26.1. The molecule has 0 bridgehead atoms. The minimum atomic E-state index is -3.93. The van der Waals surface area contributed by atoms with Gasteiger partial charge in [0.25, 0.3) is 0 Å². The number of nitrogens with one attached hydrogen (secondary N) is 1. The Balaban J connectivity index is 1.45. The maximum atomic E-state index is 11.0. The van der Waals surface area contributed by atoms with E-state index in [1.807, 2.05) is 6.07 Å². The number of benzene rings is 4. The third kappa shape index (κ3) is 8.01. The van der Waals surface area contributed by atoms with E-state index in [9.17, 15) is 4.57 Å². The van der Waals surface area contributed by atoms with E-state index in [-0.39, 0.29) is 6.16 Å². The number of rotatable bonds is 12. The van der Waals surface area contributed by atoms with Crippen molar-refractivity contribution in [3.05, 3.63) is 120 Å². The highest BCUT2D eigenvalue weighted by Crippen LogP contribution is 2.35. The van der Waals surface area contributed by atoms with Gasteiger partial charge in [-0.3, -0.25) is 4.57 Å². The van der Waals surface area contributed by atoms with Crippen molar-refractivity contribution in [3.63, 3.8) is 0 Å². The zero-order chi connectivity index (χ0) is 25.2. The molecule has 0 unspecified atom stereocenters. The van der Waals surface area contributed by atoms with Crippen LogP contribution in [0, 0.1) is 0 Å². The predicted molar refractivity (Wildman–Crippen MR) is 149 cm³/mol. The van der Waals surface area contributed by atoms with Gasteiger partial charge in [0.05, 0.1) is 6.16 Å². The number of hydrogen-bond acceptors (Lipinski definition) is 2. The Hall–Kier alpha value is -3.01. The van der Waals surface area contributed by atoms with Gasteiger partial charge in [-0.15, -0.1) is 0 Å². The summed E-state index contributed by atoms with van der Waals surface area (Å²) >= 11 is 0. The monoisotopic (exact) mass is 499 g/mol. The van der Waals surface area contributed by atoms with Crippen LogP contribution in [-0.2, 0) is 24.0 Å². The van der Waals surface area contributed by atoms with Crippen LogP contribution in [-0.4, -0.2) is 22.5 Å². The smallest absolute Gasteiger partial charge is 0.324 e. The van der Waals surface area contributed by atoms with Crippen LogP contribution in [0.25, 0.3) is 22.3 Å². The van der Waals surface area contributed by atoms with Gasteiger partial charge in [-0.25, -0.2) is 0 Å². The van der Waals surface area contributed by atoms with E-state index < -0.39 is 7.60 Å². The fraction of sp³-hybridized carbons (Fsp3) is 0.226. The minimum absolute atomic E-state index is 0.0869. The van der Waals surface area contributed by atoms with Gasteiger partial charge < -0.3 is 15.1 Å². The van der Waals surface area contributed by atoms with Crippen LogP contribution in [0.2, 0.25) is 0 Å². The molecule has 0 aliphatic heterocycles. The maximum absolute atomic E-state index is 11.0. The van der Waals surface area contributed by atoms with E-state index in [1.54, 1.807) is 0 Å². The Kier molecular flexibility index (Phi) is 9.27. The molecule has 4 aromatic rings. The molecule has 0 spiro atoms. The zero-order valence-electron chi connectivity index (χ0n) is 20.5. The van der Waals surface area contributed by atoms with Gasteiger partial charge >= 0.3 is 7.60 Å². The Bertz CT molecular complexity index is 1270. The fourth-order valence-corrected chi connectivity index (χ4v) is 5.01. The molecule has 0 saturated carbocycles. The average Bonchev–Trinajstić information content (AvgIpc) is 2.89. The first-order valence-electron chi connectivity index (χ1n) is 12.5. The fourth-order valence-electron chi connectivity index (χ4n) is 4.44. The Morgan fingerprint density at radius 1 is 0.611 bits per heavy atom. The molecule has 4 aromatic carbocycles. The van der Waals surface area contributed by atoms with Crippen LogP contribution >= 0.6 is 7.60 Å². The lowest BCUT2D eigenvalue weighted by Crippen LogP contribution is -2.15. The van der Waals surface area contributed by atoms with Crippen molar-refractivity contribution in [1.82, 2.24) is 5.32 Å². The molecule has 3 N–H and O–H groups in total. The highest BCUT2D eigenvalue weighted by Gasteiger charge is 2.12. The van der Waals surface area contributed by atoms with Crippen molar-refractivity contribution in [1.29, 1.82) is 0 Å². The van der Waals surface area contributed by atoms with Gasteiger partial charge in [-0.1, -0.05) is 97.1 Å².